The molecule has 25 heavy (non-hydrogen) atoms. The van der Waals surface area contributed by atoms with Crippen LogP contribution >= 0.6 is 0 Å². The number of nitrogens with one attached hydrogen (secondary N) is 1. The summed E-state index contributed by atoms with van der Waals surface area (Å²) in [6.45, 7) is 10.4. The molecule has 140 valence electrons. The van der Waals surface area contributed by atoms with Crippen LogP contribution < -0.4 is 5.32 Å². The summed E-state index contributed by atoms with van der Waals surface area (Å²) in [5.41, 5.74) is 1.64. The highest BCUT2D eigenvalue weighted by atomic mass is 16.6. The zero-order valence-electron chi connectivity index (χ0n) is 15.6. The minimum atomic E-state index is -0.507. The van der Waals surface area contributed by atoms with E-state index in [-0.39, 0.29) is 12.1 Å². The first-order valence-electron chi connectivity index (χ1n) is 9.25. The zero-order chi connectivity index (χ0) is 17.9. The summed E-state index contributed by atoms with van der Waals surface area (Å²) in [7, 11) is 0. The van der Waals surface area contributed by atoms with Crippen molar-refractivity contribution in [3.05, 3.63) is 17.7 Å². The summed E-state index contributed by atoms with van der Waals surface area (Å²) in [4.78, 5) is 19.3. The van der Waals surface area contributed by atoms with Crippen molar-refractivity contribution in [2.75, 3.05) is 19.8 Å². The number of carbonyl (C=O) groups is 1. The molecule has 3 rings (SSSR count). The van der Waals surface area contributed by atoms with Gasteiger partial charge in [0.1, 0.15) is 5.60 Å². The first-order valence-corrected chi connectivity index (χ1v) is 9.25. The number of ether oxygens (including phenoxy) is 2. The highest BCUT2D eigenvalue weighted by Gasteiger charge is 2.31. The van der Waals surface area contributed by atoms with Gasteiger partial charge in [-0.15, -0.1) is 0 Å². The van der Waals surface area contributed by atoms with E-state index in [1.165, 1.54) is 5.69 Å². The normalized spacial score (nSPS) is 19.2. The maximum absolute atomic E-state index is 12.8. The fourth-order valence-electron chi connectivity index (χ4n) is 3.38. The lowest BCUT2D eigenvalue weighted by Gasteiger charge is -2.35. The third-order valence-electron chi connectivity index (χ3n) is 4.66. The Bertz CT molecular complexity index is 588. The highest BCUT2D eigenvalue weighted by molar-refractivity contribution is 5.68. The first kappa shape index (κ1) is 18.2. The maximum Gasteiger partial charge on any atom is 0.410 e. The lowest BCUT2D eigenvalue weighted by molar-refractivity contribution is -0.00845. The third kappa shape index (κ3) is 4.73. The van der Waals surface area contributed by atoms with Crippen LogP contribution in [0.25, 0.3) is 0 Å². The second-order valence-corrected chi connectivity index (χ2v) is 7.81. The van der Waals surface area contributed by atoms with Gasteiger partial charge >= 0.3 is 6.09 Å². The number of rotatable bonds is 3. The average Bonchev–Trinajstić information content (AvgIpc) is 2.78. The Labute approximate surface area is 149 Å². The standard InChI is InChI=1S/C18H30N4O3/c1-18(2,3)25-17(23)22(14-5-9-24-10-6-14)12-15-16-11-19-7-4-8-21(16)13-20-15/h13-14,19H,4-12H2,1-3H3. The number of fused-ring (bicyclic) bond motifs is 1. The van der Waals surface area contributed by atoms with Crippen LogP contribution in [0.1, 0.15) is 51.4 Å². The number of carbonyl (C=O) groups excluding carboxylic acids is 1. The van der Waals surface area contributed by atoms with Crippen LogP contribution in [0, 0.1) is 0 Å². The Morgan fingerprint density at radius 1 is 1.44 bits per heavy atom. The largest absolute Gasteiger partial charge is 0.444 e. The number of amides is 1. The Kier molecular flexibility index (Phi) is 5.64. The molecule has 0 aromatic carbocycles. The van der Waals surface area contributed by atoms with Gasteiger partial charge in [-0.25, -0.2) is 9.78 Å². The summed E-state index contributed by atoms with van der Waals surface area (Å²) < 4.78 is 13.3. The Balaban J connectivity index is 1.79. The molecular weight excluding hydrogens is 320 g/mol. The van der Waals surface area contributed by atoms with Gasteiger partial charge in [0, 0.05) is 32.3 Å². The van der Waals surface area contributed by atoms with E-state index < -0.39 is 5.60 Å². The van der Waals surface area contributed by atoms with Crippen molar-refractivity contribution in [3.8, 4) is 0 Å². The zero-order valence-corrected chi connectivity index (χ0v) is 15.6. The second kappa shape index (κ2) is 7.74. The molecule has 1 aromatic rings. The summed E-state index contributed by atoms with van der Waals surface area (Å²) in [5, 5.41) is 3.43. The van der Waals surface area contributed by atoms with E-state index in [0.29, 0.717) is 19.8 Å². The Hall–Kier alpha value is -1.60. The van der Waals surface area contributed by atoms with Gasteiger partial charge in [-0.05, 0) is 46.6 Å². The predicted molar refractivity (Wildman–Crippen MR) is 94.2 cm³/mol. The fraction of sp³-hybridized carbons (Fsp3) is 0.778. The molecule has 0 bridgehead atoms. The summed E-state index contributed by atoms with van der Waals surface area (Å²) in [6, 6.07) is 0.139. The molecule has 7 nitrogen and oxygen atoms in total. The molecule has 1 N–H and O–H groups in total. The van der Waals surface area contributed by atoms with Crippen molar-refractivity contribution in [3.63, 3.8) is 0 Å². The molecule has 0 atom stereocenters. The Morgan fingerprint density at radius 3 is 2.92 bits per heavy atom. The van der Waals surface area contributed by atoms with Crippen LogP contribution in [0.3, 0.4) is 0 Å². The lowest BCUT2D eigenvalue weighted by atomic mass is 10.1. The van der Waals surface area contributed by atoms with Crippen LogP contribution in [-0.4, -0.2) is 51.9 Å². The van der Waals surface area contributed by atoms with Crippen molar-refractivity contribution in [1.29, 1.82) is 0 Å². The molecule has 3 heterocycles. The molecular formula is C18H30N4O3. The maximum atomic E-state index is 12.8. The van der Waals surface area contributed by atoms with Gasteiger partial charge in [-0.2, -0.15) is 0 Å². The van der Waals surface area contributed by atoms with E-state index in [2.05, 4.69) is 14.9 Å². The molecule has 0 spiro atoms. The average molecular weight is 350 g/mol. The lowest BCUT2D eigenvalue weighted by Crippen LogP contribution is -2.45. The van der Waals surface area contributed by atoms with E-state index in [9.17, 15) is 4.79 Å². The topological polar surface area (TPSA) is 68.6 Å². The summed E-state index contributed by atoms with van der Waals surface area (Å²) in [5.74, 6) is 0. The number of hydrogen-bond donors (Lipinski definition) is 1. The Morgan fingerprint density at radius 2 is 2.20 bits per heavy atom. The van der Waals surface area contributed by atoms with Crippen molar-refractivity contribution >= 4 is 6.09 Å². The van der Waals surface area contributed by atoms with Gasteiger partial charge in [0.25, 0.3) is 0 Å². The number of aryl methyl sites for hydroxylation is 1. The molecule has 7 heteroatoms. The molecule has 0 unspecified atom stereocenters. The molecule has 1 amide bonds. The van der Waals surface area contributed by atoms with Crippen molar-refractivity contribution in [2.24, 2.45) is 0 Å². The van der Waals surface area contributed by atoms with Gasteiger partial charge in [0.05, 0.1) is 24.3 Å². The first-order chi connectivity index (χ1) is 11.9. The van der Waals surface area contributed by atoms with Gasteiger partial charge < -0.3 is 19.4 Å². The van der Waals surface area contributed by atoms with E-state index in [1.54, 1.807) is 0 Å². The smallest absolute Gasteiger partial charge is 0.410 e. The van der Waals surface area contributed by atoms with Crippen molar-refractivity contribution in [2.45, 2.75) is 71.3 Å². The van der Waals surface area contributed by atoms with E-state index in [1.807, 2.05) is 32.0 Å². The molecule has 0 saturated carbocycles. The van der Waals surface area contributed by atoms with Crippen LogP contribution in [0.15, 0.2) is 6.33 Å². The van der Waals surface area contributed by atoms with Gasteiger partial charge in [-0.3, -0.25) is 4.90 Å². The molecule has 0 aliphatic carbocycles. The summed E-state index contributed by atoms with van der Waals surface area (Å²) in [6.07, 6.45) is 4.41. The molecule has 1 aromatic heterocycles. The molecule has 0 radical (unpaired) electrons. The molecule has 2 aliphatic rings. The minimum Gasteiger partial charge on any atom is -0.444 e. The molecule has 1 saturated heterocycles. The van der Waals surface area contributed by atoms with Crippen LogP contribution in [0.2, 0.25) is 0 Å². The highest BCUT2D eigenvalue weighted by Crippen LogP contribution is 2.22. The van der Waals surface area contributed by atoms with Gasteiger partial charge in [0.15, 0.2) is 0 Å². The van der Waals surface area contributed by atoms with Gasteiger partial charge in [-0.1, -0.05) is 0 Å². The molecule has 2 aliphatic heterocycles. The van der Waals surface area contributed by atoms with Crippen molar-refractivity contribution < 1.29 is 14.3 Å². The van der Waals surface area contributed by atoms with Crippen LogP contribution in [-0.2, 0) is 29.1 Å². The van der Waals surface area contributed by atoms with E-state index in [0.717, 1.165) is 44.6 Å². The van der Waals surface area contributed by atoms with Crippen molar-refractivity contribution in [1.82, 2.24) is 19.8 Å². The monoisotopic (exact) mass is 350 g/mol. The number of hydrogen-bond acceptors (Lipinski definition) is 5. The summed E-state index contributed by atoms with van der Waals surface area (Å²) >= 11 is 0. The third-order valence-corrected chi connectivity index (χ3v) is 4.66. The van der Waals surface area contributed by atoms with Crippen LogP contribution in [0.5, 0.6) is 0 Å². The predicted octanol–water partition coefficient (Wildman–Crippen LogP) is 2.29. The SMILES string of the molecule is CC(C)(C)OC(=O)N(Cc1ncn2c1CNCCC2)C1CCOCC1. The second-order valence-electron chi connectivity index (χ2n) is 7.81. The quantitative estimate of drug-likeness (QED) is 0.906. The van der Waals surface area contributed by atoms with E-state index >= 15 is 0 Å². The fourth-order valence-corrected chi connectivity index (χ4v) is 3.38. The number of nitrogens with zero attached hydrogens (tertiary/aromatic N) is 3. The molecule has 1 fully saturated rings. The van der Waals surface area contributed by atoms with E-state index in [4.69, 9.17) is 9.47 Å². The number of imidazole rings is 1. The van der Waals surface area contributed by atoms with Gasteiger partial charge in [0.2, 0.25) is 0 Å². The van der Waals surface area contributed by atoms with Crippen LogP contribution in [0.4, 0.5) is 4.79 Å². The minimum absolute atomic E-state index is 0.139. The number of aromatic nitrogens is 2.